The zero-order valence-corrected chi connectivity index (χ0v) is 16.0. The number of aromatic carboxylic acids is 1. The number of methoxy groups -OCH3 is 1. The third kappa shape index (κ3) is 4.51. The van der Waals surface area contributed by atoms with E-state index in [1.54, 1.807) is 24.3 Å². The van der Waals surface area contributed by atoms with Crippen molar-refractivity contribution < 1.29 is 33.7 Å². The number of nitrogen functional groups attached to an aromatic ring is 1. The number of carbonyl (C=O) groups excluding carboxylic acids is 2. The summed E-state index contributed by atoms with van der Waals surface area (Å²) in [5, 5.41) is 16.7. The normalized spacial score (nSPS) is 15.6. The third-order valence-electron chi connectivity index (χ3n) is 4.40. The monoisotopic (exact) mass is 416 g/mol. The van der Waals surface area contributed by atoms with Crippen molar-refractivity contribution in [1.29, 1.82) is 5.41 Å². The molecule has 0 radical (unpaired) electrons. The first-order chi connectivity index (χ1) is 14.3. The lowest BCUT2D eigenvalue weighted by Crippen LogP contribution is -2.26. The van der Waals surface area contributed by atoms with E-state index in [1.807, 2.05) is 0 Å². The minimum Gasteiger partial charge on any atom is -0.487 e. The Kier molecular flexibility index (Phi) is 5.90. The van der Waals surface area contributed by atoms with E-state index >= 15 is 0 Å². The number of aromatic amines is 1. The summed E-state index contributed by atoms with van der Waals surface area (Å²) in [6, 6.07) is 7.94. The molecule has 1 aliphatic rings. The molecular formula is C19H20N4O7. The summed E-state index contributed by atoms with van der Waals surface area (Å²) >= 11 is 0. The van der Waals surface area contributed by atoms with Crippen LogP contribution in [0, 0.1) is 5.41 Å². The molecule has 1 saturated heterocycles. The number of esters is 1. The van der Waals surface area contributed by atoms with Crippen LogP contribution < -0.4 is 15.4 Å². The van der Waals surface area contributed by atoms with Crippen molar-refractivity contribution in [2.75, 3.05) is 25.2 Å². The van der Waals surface area contributed by atoms with Crippen LogP contribution in [-0.4, -0.2) is 60.3 Å². The molecule has 1 aliphatic heterocycles. The van der Waals surface area contributed by atoms with Crippen LogP contribution in [0.4, 0.5) is 10.5 Å². The van der Waals surface area contributed by atoms with Gasteiger partial charge in [0.1, 0.15) is 12.4 Å². The number of cyclic esters (lactones) is 1. The fourth-order valence-corrected chi connectivity index (χ4v) is 2.91. The van der Waals surface area contributed by atoms with Crippen molar-refractivity contribution in [3.8, 4) is 5.75 Å². The first kappa shape index (κ1) is 20.7. The Morgan fingerprint density at radius 2 is 2.07 bits per heavy atom. The molecule has 1 fully saturated rings. The summed E-state index contributed by atoms with van der Waals surface area (Å²) in [5.41, 5.74) is 6.63. The molecule has 0 aliphatic carbocycles. The van der Waals surface area contributed by atoms with Gasteiger partial charge < -0.3 is 30.0 Å². The molecule has 2 heterocycles. The molecule has 2 aromatic rings. The third-order valence-corrected chi connectivity index (χ3v) is 4.40. The Labute approximate surface area is 170 Å². The van der Waals surface area contributed by atoms with Gasteiger partial charge >= 0.3 is 18.0 Å². The topological polar surface area (TPSA) is 168 Å². The van der Waals surface area contributed by atoms with Crippen LogP contribution >= 0.6 is 0 Å². The van der Waals surface area contributed by atoms with Gasteiger partial charge in [-0.15, -0.1) is 0 Å². The summed E-state index contributed by atoms with van der Waals surface area (Å²) in [6.45, 7) is 0.115. The maximum Gasteiger partial charge on any atom is 0.414 e. The van der Waals surface area contributed by atoms with E-state index < -0.39 is 24.1 Å². The van der Waals surface area contributed by atoms with Crippen LogP contribution in [0.25, 0.3) is 0 Å². The van der Waals surface area contributed by atoms with Gasteiger partial charge in [-0.2, -0.15) is 0 Å². The summed E-state index contributed by atoms with van der Waals surface area (Å²) in [5.74, 6) is -1.83. The van der Waals surface area contributed by atoms with Crippen molar-refractivity contribution in [3.05, 3.63) is 47.3 Å². The number of nitrogens with zero attached hydrogens (tertiary/aromatic N) is 1. The Bertz CT molecular complexity index is 983. The molecule has 0 spiro atoms. The van der Waals surface area contributed by atoms with Gasteiger partial charge in [0.05, 0.1) is 20.1 Å². The van der Waals surface area contributed by atoms with Crippen molar-refractivity contribution >= 4 is 29.6 Å². The smallest absolute Gasteiger partial charge is 0.414 e. The van der Waals surface area contributed by atoms with E-state index in [2.05, 4.69) is 9.72 Å². The minimum absolute atomic E-state index is 0.0294. The Hall–Kier alpha value is -4.02. The average Bonchev–Trinajstić information content (AvgIpc) is 3.29. The number of H-pyrrole nitrogens is 1. The number of amides is 1. The molecule has 0 bridgehead atoms. The largest absolute Gasteiger partial charge is 0.487 e. The molecule has 1 unspecified atom stereocenters. The minimum atomic E-state index is -1.25. The van der Waals surface area contributed by atoms with Crippen LogP contribution in [0.15, 0.2) is 30.3 Å². The van der Waals surface area contributed by atoms with Gasteiger partial charge in [-0.1, -0.05) is 0 Å². The number of benzene rings is 1. The number of hydrogen-bond acceptors (Lipinski definition) is 7. The van der Waals surface area contributed by atoms with Gasteiger partial charge in [-0.05, 0) is 24.3 Å². The standard InChI is InChI=1S/C19H20N4O7/c1-28-15(24)7-11-6-14(16(22-11)18(25)26)29-9-13-8-23(19(27)30-13)12-4-2-10(3-5-12)17(20)21/h2-6,13,22H,7-9H2,1H3,(H3,20,21)(H,25,26). The van der Waals surface area contributed by atoms with Crippen LogP contribution in [0.5, 0.6) is 5.75 Å². The summed E-state index contributed by atoms with van der Waals surface area (Å²) in [6.07, 6.45) is -1.34. The van der Waals surface area contributed by atoms with Crippen LogP contribution in [-0.2, 0) is 20.7 Å². The zero-order chi connectivity index (χ0) is 21.8. The number of carboxylic acid groups (broad SMARTS) is 1. The number of carboxylic acids is 1. The highest BCUT2D eigenvalue weighted by molar-refractivity contribution is 5.96. The first-order valence-electron chi connectivity index (χ1n) is 8.86. The highest BCUT2D eigenvalue weighted by atomic mass is 16.6. The fourth-order valence-electron chi connectivity index (χ4n) is 2.91. The van der Waals surface area contributed by atoms with Crippen LogP contribution in [0.1, 0.15) is 21.7 Å². The number of anilines is 1. The number of nitrogens with two attached hydrogens (primary N) is 1. The van der Waals surface area contributed by atoms with Gasteiger partial charge in [0, 0.05) is 23.0 Å². The molecule has 30 heavy (non-hydrogen) atoms. The predicted octanol–water partition coefficient (Wildman–Crippen LogP) is 1.12. The van der Waals surface area contributed by atoms with Crippen LogP contribution in [0.2, 0.25) is 0 Å². The maximum absolute atomic E-state index is 12.2. The van der Waals surface area contributed by atoms with Crippen molar-refractivity contribution in [2.24, 2.45) is 5.73 Å². The molecule has 1 amide bonds. The number of carbonyl (C=O) groups is 3. The number of hydrogen-bond donors (Lipinski definition) is 4. The average molecular weight is 416 g/mol. The Balaban J connectivity index is 1.65. The second-order valence-corrected chi connectivity index (χ2v) is 6.48. The Morgan fingerprint density at radius 1 is 1.37 bits per heavy atom. The molecule has 158 valence electrons. The second-order valence-electron chi connectivity index (χ2n) is 6.48. The lowest BCUT2D eigenvalue weighted by atomic mass is 10.2. The van der Waals surface area contributed by atoms with Gasteiger partial charge in [0.2, 0.25) is 0 Å². The SMILES string of the molecule is COC(=O)Cc1cc(OCC2CN(c3ccc(C(=N)N)cc3)C(=O)O2)c(C(=O)O)[nH]1. The lowest BCUT2D eigenvalue weighted by molar-refractivity contribution is -0.139. The van der Waals surface area contributed by atoms with Crippen molar-refractivity contribution in [1.82, 2.24) is 4.98 Å². The molecule has 1 atom stereocenters. The van der Waals surface area contributed by atoms with E-state index in [0.29, 0.717) is 16.9 Å². The number of amidine groups is 1. The van der Waals surface area contributed by atoms with Crippen LogP contribution in [0.3, 0.4) is 0 Å². The first-order valence-corrected chi connectivity index (χ1v) is 8.86. The van der Waals surface area contributed by atoms with E-state index in [4.69, 9.17) is 20.6 Å². The summed E-state index contributed by atoms with van der Waals surface area (Å²) < 4.78 is 15.4. The molecular weight excluding hydrogens is 396 g/mol. The van der Waals surface area contributed by atoms with Crippen molar-refractivity contribution in [3.63, 3.8) is 0 Å². The quantitative estimate of drug-likeness (QED) is 0.282. The molecule has 11 heteroatoms. The molecule has 11 nitrogen and oxygen atoms in total. The zero-order valence-electron chi connectivity index (χ0n) is 16.0. The van der Waals surface area contributed by atoms with Gasteiger partial charge in [0.25, 0.3) is 0 Å². The number of nitrogens with one attached hydrogen (secondary N) is 2. The molecule has 5 N–H and O–H groups in total. The molecule has 1 aromatic carbocycles. The second kappa shape index (κ2) is 8.55. The Morgan fingerprint density at radius 3 is 2.67 bits per heavy atom. The lowest BCUT2D eigenvalue weighted by Gasteiger charge is -2.13. The fraction of sp³-hybridized carbons (Fsp3) is 0.263. The van der Waals surface area contributed by atoms with E-state index in [9.17, 15) is 19.5 Å². The maximum atomic E-state index is 12.2. The van der Waals surface area contributed by atoms with E-state index in [0.717, 1.165) is 0 Å². The number of aromatic nitrogens is 1. The van der Waals surface area contributed by atoms with Crippen molar-refractivity contribution in [2.45, 2.75) is 12.5 Å². The summed E-state index contributed by atoms with van der Waals surface area (Å²) in [7, 11) is 1.23. The highest BCUT2D eigenvalue weighted by Gasteiger charge is 2.33. The molecule has 1 aromatic heterocycles. The van der Waals surface area contributed by atoms with E-state index in [1.165, 1.54) is 18.1 Å². The summed E-state index contributed by atoms with van der Waals surface area (Å²) in [4.78, 5) is 39.0. The molecule has 0 saturated carbocycles. The van der Waals surface area contributed by atoms with Gasteiger partial charge in [-0.3, -0.25) is 15.1 Å². The van der Waals surface area contributed by atoms with Gasteiger partial charge in [0.15, 0.2) is 17.5 Å². The van der Waals surface area contributed by atoms with E-state index in [-0.39, 0.29) is 36.9 Å². The number of ether oxygens (including phenoxy) is 3. The highest BCUT2D eigenvalue weighted by Crippen LogP contribution is 2.25. The number of rotatable bonds is 8. The molecule has 3 rings (SSSR count). The predicted molar refractivity (Wildman–Crippen MR) is 104 cm³/mol. The van der Waals surface area contributed by atoms with Gasteiger partial charge in [-0.25, -0.2) is 9.59 Å².